The Bertz CT molecular complexity index is 164. The van der Waals surface area contributed by atoms with Gasteiger partial charge >= 0.3 is 0 Å². The Morgan fingerprint density at radius 2 is 2.36 bits per heavy atom. The second-order valence-corrected chi connectivity index (χ2v) is 2.37. The highest BCUT2D eigenvalue weighted by molar-refractivity contribution is 6.27. The zero-order valence-corrected chi connectivity index (χ0v) is 7.26. The number of nitrogens with zero attached hydrogens (tertiary/aromatic N) is 2. The van der Waals surface area contributed by atoms with Crippen molar-refractivity contribution in [3.63, 3.8) is 0 Å². The number of hydrogen-bond donors (Lipinski definition) is 0. The molecule has 0 spiro atoms. The normalized spacial score (nSPS) is 8.82. The number of rotatable bonds is 4. The summed E-state index contributed by atoms with van der Waals surface area (Å²) in [5.74, 6) is -0.211. The zero-order valence-electron chi connectivity index (χ0n) is 6.51. The number of nitriles is 1. The molecule has 0 heterocycles. The van der Waals surface area contributed by atoms with Gasteiger partial charge < -0.3 is 4.90 Å². The van der Waals surface area contributed by atoms with E-state index in [0.717, 1.165) is 6.42 Å². The molecule has 0 rings (SSSR count). The molecule has 62 valence electrons. The predicted octanol–water partition coefficient (Wildman–Crippen LogP) is 0.987. The molecule has 0 bridgehead atoms. The number of halogens is 1. The molecule has 4 heteroatoms. The lowest BCUT2D eigenvalue weighted by Gasteiger charge is -2.16. The van der Waals surface area contributed by atoms with E-state index >= 15 is 0 Å². The highest BCUT2D eigenvalue weighted by atomic mass is 35.5. The molecular formula is C7H11ClN2O. The van der Waals surface area contributed by atoms with Gasteiger partial charge in [0.05, 0.1) is 6.07 Å². The maximum Gasteiger partial charge on any atom is 0.238 e. The van der Waals surface area contributed by atoms with E-state index in [-0.39, 0.29) is 18.3 Å². The van der Waals surface area contributed by atoms with Gasteiger partial charge in [-0.15, -0.1) is 11.6 Å². The van der Waals surface area contributed by atoms with Gasteiger partial charge in [0.25, 0.3) is 0 Å². The van der Waals surface area contributed by atoms with Crippen LogP contribution in [0.5, 0.6) is 0 Å². The van der Waals surface area contributed by atoms with Crippen LogP contribution in [-0.4, -0.2) is 29.8 Å². The van der Waals surface area contributed by atoms with Crippen LogP contribution in [0.1, 0.15) is 13.3 Å². The average Bonchev–Trinajstić information content (AvgIpc) is 2.03. The molecular weight excluding hydrogens is 164 g/mol. The summed E-state index contributed by atoms with van der Waals surface area (Å²) in [4.78, 5) is 12.4. The molecule has 3 nitrogen and oxygen atoms in total. The summed E-state index contributed by atoms with van der Waals surface area (Å²) in [5.41, 5.74) is 0. The minimum Gasteiger partial charge on any atom is -0.328 e. The van der Waals surface area contributed by atoms with Crippen molar-refractivity contribution in [2.75, 3.05) is 19.0 Å². The van der Waals surface area contributed by atoms with Gasteiger partial charge in [-0.2, -0.15) is 5.26 Å². The molecule has 0 unspecified atom stereocenters. The molecule has 11 heavy (non-hydrogen) atoms. The minimum absolute atomic E-state index is 0.0400. The van der Waals surface area contributed by atoms with Crippen molar-refractivity contribution in [2.24, 2.45) is 0 Å². The Balaban J connectivity index is 3.89. The lowest BCUT2D eigenvalue weighted by Crippen LogP contribution is -2.32. The molecule has 0 aliphatic carbocycles. The minimum atomic E-state index is -0.171. The molecule has 0 aromatic rings. The van der Waals surface area contributed by atoms with E-state index in [1.165, 1.54) is 4.90 Å². The fourth-order valence-electron chi connectivity index (χ4n) is 0.732. The van der Waals surface area contributed by atoms with Gasteiger partial charge in [-0.1, -0.05) is 6.92 Å². The molecule has 0 aliphatic rings. The van der Waals surface area contributed by atoms with Gasteiger partial charge in [0.15, 0.2) is 0 Å². The molecule has 0 aromatic carbocycles. The van der Waals surface area contributed by atoms with Crippen molar-refractivity contribution in [1.29, 1.82) is 5.26 Å². The van der Waals surface area contributed by atoms with Crippen molar-refractivity contribution >= 4 is 17.5 Å². The summed E-state index contributed by atoms with van der Waals surface area (Å²) >= 11 is 5.32. The quantitative estimate of drug-likeness (QED) is 0.471. The number of amides is 1. The smallest absolute Gasteiger partial charge is 0.238 e. The maximum atomic E-state index is 10.9. The predicted molar refractivity (Wildman–Crippen MR) is 43.2 cm³/mol. The Labute approximate surface area is 71.5 Å². The monoisotopic (exact) mass is 174 g/mol. The first kappa shape index (κ1) is 10.2. The summed E-state index contributed by atoms with van der Waals surface area (Å²) in [7, 11) is 0. The van der Waals surface area contributed by atoms with Crippen molar-refractivity contribution in [3.8, 4) is 6.07 Å². The number of carbonyl (C=O) groups excluding carboxylic acids is 1. The van der Waals surface area contributed by atoms with E-state index in [9.17, 15) is 4.79 Å². The third kappa shape index (κ3) is 3.84. The summed E-state index contributed by atoms with van der Waals surface area (Å²) in [5, 5.41) is 8.32. The molecule has 0 saturated heterocycles. The Kier molecular flexibility index (Phi) is 5.58. The van der Waals surface area contributed by atoms with Crippen LogP contribution >= 0.6 is 11.6 Å². The first-order valence-corrected chi connectivity index (χ1v) is 4.00. The second-order valence-electron chi connectivity index (χ2n) is 2.11. The molecule has 0 fully saturated rings. The van der Waals surface area contributed by atoms with Crippen LogP contribution in [-0.2, 0) is 4.79 Å². The SMILES string of the molecule is CCCN(CC#N)C(=O)CCl. The second kappa shape index (κ2) is 5.99. The first-order chi connectivity index (χ1) is 5.26. The van der Waals surface area contributed by atoms with E-state index in [2.05, 4.69) is 0 Å². The van der Waals surface area contributed by atoms with E-state index < -0.39 is 0 Å². The molecule has 0 N–H and O–H groups in total. The van der Waals surface area contributed by atoms with Gasteiger partial charge in [0, 0.05) is 6.54 Å². The lowest BCUT2D eigenvalue weighted by molar-refractivity contribution is -0.127. The van der Waals surface area contributed by atoms with Crippen LogP contribution in [0, 0.1) is 11.3 Å². The van der Waals surface area contributed by atoms with Crippen LogP contribution in [0.2, 0.25) is 0 Å². The Morgan fingerprint density at radius 1 is 1.73 bits per heavy atom. The van der Waals surface area contributed by atoms with Crippen LogP contribution < -0.4 is 0 Å². The number of carbonyl (C=O) groups is 1. The molecule has 0 atom stereocenters. The van der Waals surface area contributed by atoms with Crippen LogP contribution in [0.4, 0.5) is 0 Å². The number of hydrogen-bond acceptors (Lipinski definition) is 2. The average molecular weight is 175 g/mol. The largest absolute Gasteiger partial charge is 0.328 e. The maximum absolute atomic E-state index is 10.9. The van der Waals surface area contributed by atoms with Crippen LogP contribution in [0.3, 0.4) is 0 Å². The van der Waals surface area contributed by atoms with E-state index in [4.69, 9.17) is 16.9 Å². The standard InChI is InChI=1S/C7H11ClN2O/c1-2-4-10(5-3-9)7(11)6-8/h2,4-6H2,1H3. The molecule has 0 aliphatic heterocycles. The van der Waals surface area contributed by atoms with Gasteiger partial charge in [-0.05, 0) is 6.42 Å². The van der Waals surface area contributed by atoms with Crippen LogP contribution in [0.25, 0.3) is 0 Å². The summed E-state index contributed by atoms with van der Waals surface area (Å²) in [6, 6.07) is 1.91. The summed E-state index contributed by atoms with van der Waals surface area (Å²) in [6.07, 6.45) is 0.851. The van der Waals surface area contributed by atoms with Crippen molar-refractivity contribution in [3.05, 3.63) is 0 Å². The fraction of sp³-hybridized carbons (Fsp3) is 0.714. The fourth-order valence-corrected chi connectivity index (χ4v) is 0.901. The third-order valence-corrected chi connectivity index (χ3v) is 1.45. The molecule has 0 radical (unpaired) electrons. The Morgan fingerprint density at radius 3 is 2.73 bits per heavy atom. The Hall–Kier alpha value is -0.750. The number of alkyl halides is 1. The van der Waals surface area contributed by atoms with E-state index in [1.54, 1.807) is 0 Å². The van der Waals surface area contributed by atoms with Gasteiger partial charge in [-0.3, -0.25) is 4.79 Å². The van der Waals surface area contributed by atoms with Crippen molar-refractivity contribution < 1.29 is 4.79 Å². The van der Waals surface area contributed by atoms with E-state index in [0.29, 0.717) is 6.54 Å². The van der Waals surface area contributed by atoms with Gasteiger partial charge in [0.2, 0.25) is 5.91 Å². The molecule has 0 aromatic heterocycles. The highest BCUT2D eigenvalue weighted by Gasteiger charge is 2.09. The summed E-state index contributed by atoms with van der Waals surface area (Å²) in [6.45, 7) is 2.70. The lowest BCUT2D eigenvalue weighted by atomic mass is 10.4. The van der Waals surface area contributed by atoms with E-state index in [1.807, 2.05) is 13.0 Å². The van der Waals surface area contributed by atoms with Crippen molar-refractivity contribution in [1.82, 2.24) is 4.90 Å². The van der Waals surface area contributed by atoms with Gasteiger partial charge in [-0.25, -0.2) is 0 Å². The highest BCUT2D eigenvalue weighted by Crippen LogP contribution is 1.93. The zero-order chi connectivity index (χ0) is 8.69. The van der Waals surface area contributed by atoms with Gasteiger partial charge in [0.1, 0.15) is 12.4 Å². The first-order valence-electron chi connectivity index (χ1n) is 3.47. The molecule has 1 amide bonds. The van der Waals surface area contributed by atoms with Crippen LogP contribution in [0.15, 0.2) is 0 Å². The molecule has 0 saturated carbocycles. The van der Waals surface area contributed by atoms with Crippen molar-refractivity contribution in [2.45, 2.75) is 13.3 Å². The topological polar surface area (TPSA) is 44.1 Å². The summed E-state index contributed by atoms with van der Waals surface area (Å²) < 4.78 is 0. The third-order valence-electron chi connectivity index (χ3n) is 1.22.